The first kappa shape index (κ1) is 22.8. The zero-order chi connectivity index (χ0) is 23.5. The van der Waals surface area contributed by atoms with Crippen molar-refractivity contribution in [1.82, 2.24) is 24.8 Å². The number of thioether (sulfide) groups is 1. The van der Waals surface area contributed by atoms with E-state index in [0.29, 0.717) is 18.8 Å². The molecule has 8 nitrogen and oxygen atoms in total. The van der Waals surface area contributed by atoms with Gasteiger partial charge in [0.25, 0.3) is 0 Å². The molecule has 0 radical (unpaired) electrons. The SMILES string of the molecule is Cc1cc(C)nc(N2CCN(C(=O)CSc3nc4ccccc4nc3N3CCCCC3)CC2)n1. The minimum atomic E-state index is 0.144. The molecular formula is C25H31N7OS. The highest BCUT2D eigenvalue weighted by atomic mass is 32.2. The highest BCUT2D eigenvalue weighted by Gasteiger charge is 2.24. The maximum Gasteiger partial charge on any atom is 0.233 e. The van der Waals surface area contributed by atoms with Gasteiger partial charge in [0, 0.05) is 50.7 Å². The van der Waals surface area contributed by atoms with Crippen molar-refractivity contribution in [2.24, 2.45) is 0 Å². The van der Waals surface area contributed by atoms with Gasteiger partial charge in [-0.3, -0.25) is 4.79 Å². The first-order valence-corrected chi connectivity index (χ1v) is 13.0. The zero-order valence-corrected chi connectivity index (χ0v) is 20.7. The summed E-state index contributed by atoms with van der Waals surface area (Å²) in [6.45, 7) is 8.82. The normalized spacial score (nSPS) is 16.8. The van der Waals surface area contributed by atoms with Gasteiger partial charge in [0.1, 0.15) is 5.03 Å². The van der Waals surface area contributed by atoms with Crippen molar-refractivity contribution < 1.29 is 4.79 Å². The van der Waals surface area contributed by atoms with E-state index in [0.717, 1.165) is 65.4 Å². The molecule has 0 atom stereocenters. The van der Waals surface area contributed by atoms with Gasteiger partial charge in [-0.1, -0.05) is 23.9 Å². The van der Waals surface area contributed by atoms with E-state index >= 15 is 0 Å². The number of rotatable bonds is 5. The lowest BCUT2D eigenvalue weighted by Gasteiger charge is -2.35. The molecule has 0 bridgehead atoms. The lowest BCUT2D eigenvalue weighted by atomic mass is 10.1. The van der Waals surface area contributed by atoms with Crippen LogP contribution >= 0.6 is 11.8 Å². The third kappa shape index (κ3) is 5.09. The fourth-order valence-electron chi connectivity index (χ4n) is 4.61. The molecule has 178 valence electrons. The van der Waals surface area contributed by atoms with Crippen LogP contribution in [0.25, 0.3) is 11.0 Å². The van der Waals surface area contributed by atoms with E-state index in [4.69, 9.17) is 9.97 Å². The van der Waals surface area contributed by atoms with Gasteiger partial charge in [0.2, 0.25) is 11.9 Å². The molecular weight excluding hydrogens is 446 g/mol. The molecule has 2 fully saturated rings. The third-order valence-electron chi connectivity index (χ3n) is 6.40. The molecule has 2 saturated heterocycles. The second kappa shape index (κ2) is 10.1. The van der Waals surface area contributed by atoms with Crippen molar-refractivity contribution in [1.29, 1.82) is 0 Å². The monoisotopic (exact) mass is 477 g/mol. The Labute approximate surface area is 204 Å². The summed E-state index contributed by atoms with van der Waals surface area (Å²) >= 11 is 1.51. The number of hydrogen-bond acceptors (Lipinski definition) is 8. The summed E-state index contributed by atoms with van der Waals surface area (Å²) in [7, 11) is 0. The van der Waals surface area contributed by atoms with Gasteiger partial charge < -0.3 is 14.7 Å². The van der Waals surface area contributed by atoms with E-state index < -0.39 is 0 Å². The van der Waals surface area contributed by atoms with Gasteiger partial charge in [0.15, 0.2) is 5.82 Å². The molecule has 0 N–H and O–H groups in total. The van der Waals surface area contributed by atoms with E-state index in [9.17, 15) is 4.79 Å². The van der Waals surface area contributed by atoms with Gasteiger partial charge in [-0.25, -0.2) is 19.9 Å². The molecule has 2 aromatic heterocycles. The zero-order valence-electron chi connectivity index (χ0n) is 19.9. The second-order valence-corrected chi connectivity index (χ2v) is 9.96. The molecule has 1 amide bonds. The molecule has 5 rings (SSSR count). The number of carbonyl (C=O) groups excluding carboxylic acids is 1. The number of piperidine rings is 1. The smallest absolute Gasteiger partial charge is 0.233 e. The quantitative estimate of drug-likeness (QED) is 0.517. The van der Waals surface area contributed by atoms with Crippen LogP contribution in [0.4, 0.5) is 11.8 Å². The number of para-hydroxylation sites is 2. The van der Waals surface area contributed by atoms with Crippen molar-refractivity contribution in [3.8, 4) is 0 Å². The molecule has 4 heterocycles. The van der Waals surface area contributed by atoms with E-state index in [1.807, 2.05) is 49.1 Å². The molecule has 1 aromatic carbocycles. The molecule has 0 unspecified atom stereocenters. The van der Waals surface area contributed by atoms with E-state index in [1.165, 1.54) is 31.0 Å². The Morgan fingerprint density at radius 2 is 1.47 bits per heavy atom. The summed E-state index contributed by atoms with van der Waals surface area (Å²) in [6, 6.07) is 9.96. The Bertz CT molecular complexity index is 1150. The minimum Gasteiger partial charge on any atom is -0.354 e. The van der Waals surface area contributed by atoms with Crippen molar-refractivity contribution in [3.05, 3.63) is 41.7 Å². The molecule has 0 spiro atoms. The summed E-state index contributed by atoms with van der Waals surface area (Å²) in [5, 5.41) is 0.858. The highest BCUT2D eigenvalue weighted by Crippen LogP contribution is 2.31. The summed E-state index contributed by atoms with van der Waals surface area (Å²) < 4.78 is 0. The number of fused-ring (bicyclic) bond motifs is 1. The molecule has 0 aliphatic carbocycles. The van der Waals surface area contributed by atoms with Crippen molar-refractivity contribution >= 4 is 40.5 Å². The van der Waals surface area contributed by atoms with E-state index in [-0.39, 0.29) is 5.91 Å². The number of hydrogen-bond donors (Lipinski definition) is 0. The summed E-state index contributed by atoms with van der Waals surface area (Å²) in [4.78, 5) is 38.5. The predicted octanol–water partition coefficient (Wildman–Crippen LogP) is 3.47. The van der Waals surface area contributed by atoms with E-state index in [1.54, 1.807) is 0 Å². The fourth-order valence-corrected chi connectivity index (χ4v) is 5.52. The maximum absolute atomic E-state index is 13.1. The van der Waals surface area contributed by atoms with Crippen molar-refractivity contribution in [2.45, 2.75) is 38.1 Å². The minimum absolute atomic E-state index is 0.144. The van der Waals surface area contributed by atoms with Gasteiger partial charge in [-0.2, -0.15) is 0 Å². The number of benzene rings is 1. The Kier molecular flexibility index (Phi) is 6.80. The van der Waals surface area contributed by atoms with Crippen LogP contribution in [0.3, 0.4) is 0 Å². The number of amides is 1. The summed E-state index contributed by atoms with van der Waals surface area (Å²) in [6.07, 6.45) is 3.61. The van der Waals surface area contributed by atoms with Gasteiger partial charge >= 0.3 is 0 Å². The first-order valence-electron chi connectivity index (χ1n) is 12.1. The van der Waals surface area contributed by atoms with Crippen LogP contribution in [0.5, 0.6) is 0 Å². The van der Waals surface area contributed by atoms with Crippen LogP contribution < -0.4 is 9.80 Å². The number of piperazine rings is 1. The molecule has 34 heavy (non-hydrogen) atoms. The average Bonchev–Trinajstić information content (AvgIpc) is 2.87. The Morgan fingerprint density at radius 1 is 0.824 bits per heavy atom. The Morgan fingerprint density at radius 3 is 2.15 bits per heavy atom. The van der Waals surface area contributed by atoms with Crippen molar-refractivity contribution in [2.75, 3.05) is 54.8 Å². The second-order valence-electron chi connectivity index (χ2n) is 9.00. The van der Waals surface area contributed by atoms with Gasteiger partial charge in [-0.05, 0) is 51.3 Å². The highest BCUT2D eigenvalue weighted by molar-refractivity contribution is 8.00. The maximum atomic E-state index is 13.1. The average molecular weight is 478 g/mol. The van der Waals surface area contributed by atoms with Crippen LogP contribution in [0.15, 0.2) is 35.4 Å². The standard InChI is InChI=1S/C25H31N7OS/c1-18-16-19(2)27-25(26-18)32-14-12-30(13-15-32)22(33)17-34-24-23(31-10-6-3-7-11-31)28-20-8-4-5-9-21(20)29-24/h4-5,8-9,16H,3,6-7,10-15,17H2,1-2H3. The van der Waals surface area contributed by atoms with Crippen LogP contribution in [-0.4, -0.2) is 75.8 Å². The number of anilines is 2. The Balaban J connectivity index is 1.25. The van der Waals surface area contributed by atoms with Crippen LogP contribution in [0.2, 0.25) is 0 Å². The fraction of sp³-hybridized carbons (Fsp3) is 0.480. The first-order chi connectivity index (χ1) is 16.6. The number of nitrogens with zero attached hydrogens (tertiary/aromatic N) is 7. The molecule has 3 aromatic rings. The topological polar surface area (TPSA) is 78.4 Å². The number of aryl methyl sites for hydroxylation is 2. The molecule has 9 heteroatoms. The largest absolute Gasteiger partial charge is 0.354 e. The predicted molar refractivity (Wildman–Crippen MR) is 137 cm³/mol. The lowest BCUT2D eigenvalue weighted by molar-refractivity contribution is -0.128. The van der Waals surface area contributed by atoms with Gasteiger partial charge in [-0.15, -0.1) is 0 Å². The lowest BCUT2D eigenvalue weighted by Crippen LogP contribution is -2.49. The molecule has 0 saturated carbocycles. The third-order valence-corrected chi connectivity index (χ3v) is 7.33. The van der Waals surface area contributed by atoms with E-state index in [2.05, 4.69) is 19.8 Å². The van der Waals surface area contributed by atoms with Crippen molar-refractivity contribution in [3.63, 3.8) is 0 Å². The summed E-state index contributed by atoms with van der Waals surface area (Å²) in [5.74, 6) is 2.20. The van der Waals surface area contributed by atoms with Crippen LogP contribution in [0, 0.1) is 13.8 Å². The molecule has 2 aliphatic heterocycles. The number of carbonyl (C=O) groups is 1. The van der Waals surface area contributed by atoms with Gasteiger partial charge in [0.05, 0.1) is 16.8 Å². The van der Waals surface area contributed by atoms with Crippen LogP contribution in [0.1, 0.15) is 30.7 Å². The molecule has 2 aliphatic rings. The van der Waals surface area contributed by atoms with Crippen LogP contribution in [-0.2, 0) is 4.79 Å². The number of aromatic nitrogens is 4. The summed E-state index contributed by atoms with van der Waals surface area (Å²) in [5.41, 5.74) is 3.72. The Hall–Kier alpha value is -2.94.